The highest BCUT2D eigenvalue weighted by molar-refractivity contribution is 5.88. The first kappa shape index (κ1) is 9.08. The number of methoxy groups -OCH3 is 1. The van der Waals surface area contributed by atoms with E-state index in [1.165, 1.54) is 13.5 Å². The van der Waals surface area contributed by atoms with Crippen molar-refractivity contribution in [3.63, 3.8) is 0 Å². The molecule has 0 aromatic heterocycles. The molecule has 0 saturated carbocycles. The molecule has 0 spiro atoms. The van der Waals surface area contributed by atoms with Crippen molar-refractivity contribution in [3.05, 3.63) is 0 Å². The number of nitrogens with one attached hydrogen (secondary N) is 1. The van der Waals surface area contributed by atoms with Crippen LogP contribution in [0.5, 0.6) is 0 Å². The summed E-state index contributed by atoms with van der Waals surface area (Å²) in [5, 5.41) is 3.29. The van der Waals surface area contributed by atoms with Crippen LogP contribution in [-0.4, -0.2) is 25.7 Å². The predicted molar refractivity (Wildman–Crippen MR) is 45.4 cm³/mol. The molecule has 1 aliphatic heterocycles. The molecule has 0 amide bonds. The minimum Gasteiger partial charge on any atom is -0.459 e. The van der Waals surface area contributed by atoms with Crippen LogP contribution in [0.25, 0.3) is 0 Å². The Hall–Kier alpha value is -1.01. The van der Waals surface area contributed by atoms with Gasteiger partial charge in [0.15, 0.2) is 0 Å². The van der Waals surface area contributed by atoms with Crippen molar-refractivity contribution in [3.8, 4) is 11.8 Å². The highest BCUT2D eigenvalue weighted by Gasteiger charge is 2.11. The summed E-state index contributed by atoms with van der Waals surface area (Å²) in [6.45, 7) is 1.07. The fourth-order valence-electron chi connectivity index (χ4n) is 1.23. The zero-order valence-electron chi connectivity index (χ0n) is 7.22. The van der Waals surface area contributed by atoms with E-state index in [0.717, 1.165) is 19.4 Å². The Morgan fingerprint density at radius 3 is 3.17 bits per heavy atom. The molecular formula is C9H13NO2. The van der Waals surface area contributed by atoms with E-state index in [4.69, 9.17) is 0 Å². The van der Waals surface area contributed by atoms with Gasteiger partial charge < -0.3 is 10.1 Å². The molecule has 0 aromatic rings. The van der Waals surface area contributed by atoms with Gasteiger partial charge in [0.1, 0.15) is 0 Å². The Bertz CT molecular complexity index is 208. The minimum absolute atomic E-state index is 0.451. The van der Waals surface area contributed by atoms with E-state index in [9.17, 15) is 4.79 Å². The van der Waals surface area contributed by atoms with Gasteiger partial charge >= 0.3 is 5.97 Å². The fraction of sp³-hybridized carbons (Fsp3) is 0.667. The van der Waals surface area contributed by atoms with E-state index in [1.807, 2.05) is 0 Å². The number of ether oxygens (including phenoxy) is 1. The molecule has 1 atom stereocenters. The van der Waals surface area contributed by atoms with E-state index in [0.29, 0.717) is 6.04 Å². The van der Waals surface area contributed by atoms with Crippen molar-refractivity contribution in [1.29, 1.82) is 0 Å². The molecule has 66 valence electrons. The molecule has 1 unspecified atom stereocenters. The topological polar surface area (TPSA) is 38.3 Å². The Morgan fingerprint density at radius 1 is 1.75 bits per heavy atom. The molecule has 0 bridgehead atoms. The quantitative estimate of drug-likeness (QED) is 0.347. The lowest BCUT2D eigenvalue weighted by Crippen LogP contribution is -2.20. The number of hydrogen-bond acceptors (Lipinski definition) is 3. The summed E-state index contributed by atoms with van der Waals surface area (Å²) in [5.74, 6) is 4.75. The SMILES string of the molecule is COC(=O)C#CCC1CCCN1. The number of carbonyl (C=O) groups excluding carboxylic acids is 1. The fourth-order valence-corrected chi connectivity index (χ4v) is 1.23. The van der Waals surface area contributed by atoms with E-state index < -0.39 is 5.97 Å². The Labute approximate surface area is 72.5 Å². The lowest BCUT2D eigenvalue weighted by Gasteiger charge is -2.02. The number of esters is 1. The van der Waals surface area contributed by atoms with E-state index >= 15 is 0 Å². The number of hydrogen-bond donors (Lipinski definition) is 1. The number of rotatable bonds is 1. The molecular weight excluding hydrogens is 154 g/mol. The van der Waals surface area contributed by atoms with Gasteiger partial charge in [-0.05, 0) is 19.4 Å². The second-order valence-corrected chi connectivity index (χ2v) is 2.79. The van der Waals surface area contributed by atoms with E-state index in [1.54, 1.807) is 0 Å². The van der Waals surface area contributed by atoms with Crippen LogP contribution in [0.2, 0.25) is 0 Å². The molecule has 1 aliphatic rings. The Morgan fingerprint density at radius 2 is 2.58 bits per heavy atom. The molecule has 1 rings (SSSR count). The van der Waals surface area contributed by atoms with Crippen LogP contribution in [0.15, 0.2) is 0 Å². The Kier molecular flexibility index (Phi) is 3.62. The zero-order valence-corrected chi connectivity index (χ0v) is 7.22. The van der Waals surface area contributed by atoms with Crippen molar-refractivity contribution in [2.75, 3.05) is 13.7 Å². The highest BCUT2D eigenvalue weighted by atomic mass is 16.5. The maximum Gasteiger partial charge on any atom is 0.384 e. The third-order valence-corrected chi connectivity index (χ3v) is 1.89. The third-order valence-electron chi connectivity index (χ3n) is 1.89. The Balaban J connectivity index is 2.21. The lowest BCUT2D eigenvalue weighted by molar-refractivity contribution is -0.133. The molecule has 1 fully saturated rings. The van der Waals surface area contributed by atoms with Gasteiger partial charge in [-0.2, -0.15) is 0 Å². The van der Waals surface area contributed by atoms with Crippen molar-refractivity contribution in [2.45, 2.75) is 25.3 Å². The first-order valence-electron chi connectivity index (χ1n) is 4.13. The monoisotopic (exact) mass is 167 g/mol. The second kappa shape index (κ2) is 4.78. The molecule has 0 aromatic carbocycles. The summed E-state index contributed by atoms with van der Waals surface area (Å²) >= 11 is 0. The first-order valence-corrected chi connectivity index (χ1v) is 4.13. The van der Waals surface area contributed by atoms with Crippen LogP contribution in [-0.2, 0) is 9.53 Å². The van der Waals surface area contributed by atoms with Crippen molar-refractivity contribution < 1.29 is 9.53 Å². The van der Waals surface area contributed by atoms with Crippen LogP contribution >= 0.6 is 0 Å². The number of carbonyl (C=O) groups is 1. The normalized spacial score (nSPS) is 21.2. The molecule has 3 nitrogen and oxygen atoms in total. The largest absolute Gasteiger partial charge is 0.459 e. The summed E-state index contributed by atoms with van der Waals surface area (Å²) < 4.78 is 4.38. The van der Waals surface area contributed by atoms with Gasteiger partial charge in [0.25, 0.3) is 0 Å². The molecule has 3 heteroatoms. The van der Waals surface area contributed by atoms with Crippen LogP contribution < -0.4 is 5.32 Å². The lowest BCUT2D eigenvalue weighted by atomic mass is 10.2. The van der Waals surface area contributed by atoms with E-state index in [2.05, 4.69) is 21.9 Å². The summed E-state index contributed by atoms with van der Waals surface area (Å²) in [7, 11) is 1.34. The van der Waals surface area contributed by atoms with Crippen LogP contribution in [0, 0.1) is 11.8 Å². The maximum absolute atomic E-state index is 10.6. The summed E-state index contributed by atoms with van der Waals surface area (Å²) in [6, 6.07) is 0.474. The van der Waals surface area contributed by atoms with Gasteiger partial charge in [-0.1, -0.05) is 5.92 Å². The first-order chi connectivity index (χ1) is 5.83. The van der Waals surface area contributed by atoms with Gasteiger partial charge in [0.05, 0.1) is 7.11 Å². The smallest absolute Gasteiger partial charge is 0.384 e. The molecule has 0 radical (unpaired) electrons. The second-order valence-electron chi connectivity index (χ2n) is 2.79. The minimum atomic E-state index is -0.451. The third kappa shape index (κ3) is 2.93. The molecule has 1 N–H and O–H groups in total. The molecule has 12 heavy (non-hydrogen) atoms. The van der Waals surface area contributed by atoms with Crippen LogP contribution in [0.4, 0.5) is 0 Å². The summed E-state index contributed by atoms with van der Waals surface area (Å²) in [4.78, 5) is 10.6. The highest BCUT2D eigenvalue weighted by Crippen LogP contribution is 2.06. The average molecular weight is 167 g/mol. The molecule has 1 heterocycles. The average Bonchev–Trinajstić information content (AvgIpc) is 2.57. The van der Waals surface area contributed by atoms with Crippen molar-refractivity contribution in [1.82, 2.24) is 5.32 Å². The van der Waals surface area contributed by atoms with Gasteiger partial charge in [0.2, 0.25) is 0 Å². The van der Waals surface area contributed by atoms with E-state index in [-0.39, 0.29) is 0 Å². The summed E-state index contributed by atoms with van der Waals surface area (Å²) in [5.41, 5.74) is 0. The van der Waals surface area contributed by atoms with Gasteiger partial charge in [-0.25, -0.2) is 4.79 Å². The van der Waals surface area contributed by atoms with Crippen LogP contribution in [0.1, 0.15) is 19.3 Å². The van der Waals surface area contributed by atoms with Gasteiger partial charge in [-0.3, -0.25) is 0 Å². The molecule has 1 saturated heterocycles. The predicted octanol–water partition coefficient (Wildman–Crippen LogP) is 0.305. The maximum atomic E-state index is 10.6. The standard InChI is InChI=1S/C9H13NO2/c1-12-9(11)6-2-4-8-5-3-7-10-8/h8,10H,3-5,7H2,1H3. The summed E-state index contributed by atoms with van der Waals surface area (Å²) in [6.07, 6.45) is 3.12. The zero-order chi connectivity index (χ0) is 8.81. The van der Waals surface area contributed by atoms with Gasteiger partial charge in [-0.15, -0.1) is 0 Å². The van der Waals surface area contributed by atoms with Crippen LogP contribution in [0.3, 0.4) is 0 Å². The van der Waals surface area contributed by atoms with Crippen molar-refractivity contribution in [2.24, 2.45) is 0 Å². The van der Waals surface area contributed by atoms with Crippen molar-refractivity contribution >= 4 is 5.97 Å². The molecule has 0 aliphatic carbocycles. The van der Waals surface area contributed by atoms with Gasteiger partial charge in [0, 0.05) is 18.4 Å².